The van der Waals surface area contributed by atoms with E-state index in [0.29, 0.717) is 6.61 Å². The van der Waals surface area contributed by atoms with Gasteiger partial charge in [-0.05, 0) is 25.9 Å². The molecule has 0 aromatic heterocycles. The van der Waals surface area contributed by atoms with Gasteiger partial charge in [-0.2, -0.15) is 0 Å². The van der Waals surface area contributed by atoms with E-state index in [1.807, 2.05) is 0 Å². The predicted molar refractivity (Wildman–Crippen MR) is 51.2 cm³/mol. The maximum atomic E-state index is 9.25. The Morgan fingerprint density at radius 1 is 1.25 bits per heavy atom. The average molecular weight is 171 g/mol. The fourth-order valence-corrected chi connectivity index (χ4v) is 1.96. The lowest BCUT2D eigenvalue weighted by Gasteiger charge is -2.43. The number of hydrogen-bond donors (Lipinski definition) is 1. The second-order valence-electron chi connectivity index (χ2n) is 3.97. The van der Waals surface area contributed by atoms with Crippen molar-refractivity contribution in [2.45, 2.75) is 33.1 Å². The minimum Gasteiger partial charge on any atom is -0.396 e. The van der Waals surface area contributed by atoms with Gasteiger partial charge in [-0.1, -0.05) is 20.3 Å². The summed E-state index contributed by atoms with van der Waals surface area (Å²) in [7, 11) is 0. The molecule has 0 spiro atoms. The van der Waals surface area contributed by atoms with Crippen molar-refractivity contribution in [3.63, 3.8) is 0 Å². The zero-order valence-corrected chi connectivity index (χ0v) is 8.34. The lowest BCUT2D eigenvalue weighted by Crippen LogP contribution is -2.44. The minimum absolute atomic E-state index is 0.270. The molecule has 72 valence electrons. The van der Waals surface area contributed by atoms with Crippen LogP contribution in [-0.4, -0.2) is 36.2 Å². The highest BCUT2D eigenvalue weighted by Crippen LogP contribution is 2.40. The smallest absolute Gasteiger partial charge is 0.0499 e. The van der Waals surface area contributed by atoms with Gasteiger partial charge in [-0.3, -0.25) is 0 Å². The molecule has 0 aliphatic heterocycles. The molecule has 0 amide bonds. The van der Waals surface area contributed by atoms with Crippen molar-refractivity contribution >= 4 is 0 Å². The third-order valence-corrected chi connectivity index (χ3v) is 3.20. The average Bonchev–Trinajstić information content (AvgIpc) is 2.05. The largest absolute Gasteiger partial charge is 0.396 e. The van der Waals surface area contributed by atoms with Crippen molar-refractivity contribution in [1.29, 1.82) is 0 Å². The summed E-state index contributed by atoms with van der Waals surface area (Å²) in [6.07, 6.45) is 3.75. The lowest BCUT2D eigenvalue weighted by molar-refractivity contribution is 0.0105. The van der Waals surface area contributed by atoms with E-state index in [-0.39, 0.29) is 5.41 Å². The van der Waals surface area contributed by atoms with Gasteiger partial charge in [0.15, 0.2) is 0 Å². The summed E-state index contributed by atoms with van der Waals surface area (Å²) in [6.45, 7) is 8.07. The molecule has 0 aromatic rings. The maximum Gasteiger partial charge on any atom is 0.0499 e. The Labute approximate surface area is 75.6 Å². The summed E-state index contributed by atoms with van der Waals surface area (Å²) in [6, 6.07) is 0. The summed E-state index contributed by atoms with van der Waals surface area (Å²) in [4.78, 5) is 2.41. The van der Waals surface area contributed by atoms with Crippen LogP contribution in [0.25, 0.3) is 0 Å². The zero-order chi connectivity index (χ0) is 9.03. The van der Waals surface area contributed by atoms with E-state index in [1.165, 1.54) is 19.3 Å². The third-order valence-electron chi connectivity index (χ3n) is 3.20. The number of nitrogens with zero attached hydrogens (tertiary/aromatic N) is 1. The molecule has 0 saturated heterocycles. The van der Waals surface area contributed by atoms with Gasteiger partial charge in [0.05, 0.1) is 0 Å². The number of aliphatic hydroxyl groups excluding tert-OH is 1. The molecule has 0 unspecified atom stereocenters. The second-order valence-corrected chi connectivity index (χ2v) is 3.97. The van der Waals surface area contributed by atoms with Crippen molar-refractivity contribution in [3.05, 3.63) is 0 Å². The normalized spacial score (nSPS) is 21.0. The molecule has 12 heavy (non-hydrogen) atoms. The minimum atomic E-state index is 0.270. The van der Waals surface area contributed by atoms with Gasteiger partial charge in [0.1, 0.15) is 0 Å². The highest BCUT2D eigenvalue weighted by Gasteiger charge is 2.37. The third kappa shape index (κ3) is 1.99. The maximum absolute atomic E-state index is 9.25. The summed E-state index contributed by atoms with van der Waals surface area (Å²) >= 11 is 0. The molecule has 1 saturated carbocycles. The molecule has 1 aliphatic rings. The van der Waals surface area contributed by atoms with Crippen molar-refractivity contribution in [2.24, 2.45) is 5.41 Å². The van der Waals surface area contributed by atoms with Gasteiger partial charge in [0.2, 0.25) is 0 Å². The monoisotopic (exact) mass is 171 g/mol. The van der Waals surface area contributed by atoms with E-state index in [4.69, 9.17) is 0 Å². The first kappa shape index (κ1) is 10.0. The standard InChI is InChI=1S/C10H21NO/c1-3-11(4-2)8-10(9-12)6-5-7-10/h12H,3-9H2,1-2H3. The van der Waals surface area contributed by atoms with Crippen LogP contribution in [0.3, 0.4) is 0 Å². The highest BCUT2D eigenvalue weighted by atomic mass is 16.3. The Balaban J connectivity index is 2.35. The Hall–Kier alpha value is -0.0800. The molecule has 1 rings (SSSR count). The van der Waals surface area contributed by atoms with Gasteiger partial charge >= 0.3 is 0 Å². The first-order valence-corrected chi connectivity index (χ1v) is 5.09. The van der Waals surface area contributed by atoms with Gasteiger partial charge in [0.25, 0.3) is 0 Å². The van der Waals surface area contributed by atoms with Crippen LogP contribution in [0.5, 0.6) is 0 Å². The van der Waals surface area contributed by atoms with Gasteiger partial charge in [0, 0.05) is 18.6 Å². The van der Waals surface area contributed by atoms with E-state index >= 15 is 0 Å². The Morgan fingerprint density at radius 3 is 2.08 bits per heavy atom. The highest BCUT2D eigenvalue weighted by molar-refractivity contribution is 4.89. The molecule has 0 atom stereocenters. The number of rotatable bonds is 5. The molecular formula is C10H21NO. The van der Waals surface area contributed by atoms with Crippen LogP contribution in [-0.2, 0) is 0 Å². The zero-order valence-electron chi connectivity index (χ0n) is 8.34. The first-order valence-electron chi connectivity index (χ1n) is 5.09. The Kier molecular flexibility index (Phi) is 3.53. The summed E-state index contributed by atoms with van der Waals surface area (Å²) in [5, 5.41) is 9.25. The summed E-state index contributed by atoms with van der Waals surface area (Å²) < 4.78 is 0. The van der Waals surface area contributed by atoms with Crippen LogP contribution < -0.4 is 0 Å². The molecule has 0 aromatic carbocycles. The van der Waals surface area contributed by atoms with Crippen molar-refractivity contribution < 1.29 is 5.11 Å². The van der Waals surface area contributed by atoms with E-state index in [0.717, 1.165) is 19.6 Å². The SMILES string of the molecule is CCN(CC)CC1(CO)CCC1. The first-order chi connectivity index (χ1) is 5.76. The quantitative estimate of drug-likeness (QED) is 0.677. The molecule has 1 aliphatic carbocycles. The van der Waals surface area contributed by atoms with Gasteiger partial charge < -0.3 is 10.0 Å². The van der Waals surface area contributed by atoms with Crippen LogP contribution in [0.1, 0.15) is 33.1 Å². The van der Waals surface area contributed by atoms with Crippen LogP contribution in [0.15, 0.2) is 0 Å². The van der Waals surface area contributed by atoms with Crippen molar-refractivity contribution in [3.8, 4) is 0 Å². The number of hydrogen-bond acceptors (Lipinski definition) is 2. The lowest BCUT2D eigenvalue weighted by atomic mass is 9.69. The van der Waals surface area contributed by atoms with E-state index in [2.05, 4.69) is 18.7 Å². The van der Waals surface area contributed by atoms with E-state index < -0.39 is 0 Å². The second kappa shape index (κ2) is 4.24. The number of aliphatic hydroxyl groups is 1. The van der Waals surface area contributed by atoms with Gasteiger partial charge in [-0.25, -0.2) is 0 Å². The van der Waals surface area contributed by atoms with E-state index in [1.54, 1.807) is 0 Å². The van der Waals surface area contributed by atoms with Crippen LogP contribution in [0.2, 0.25) is 0 Å². The fraction of sp³-hybridized carbons (Fsp3) is 1.00. The molecule has 2 heteroatoms. The molecule has 1 fully saturated rings. The Morgan fingerprint density at radius 2 is 1.83 bits per heavy atom. The molecule has 1 N–H and O–H groups in total. The molecule has 0 heterocycles. The van der Waals surface area contributed by atoms with Crippen LogP contribution in [0.4, 0.5) is 0 Å². The van der Waals surface area contributed by atoms with Crippen molar-refractivity contribution in [2.75, 3.05) is 26.2 Å². The molecular weight excluding hydrogens is 150 g/mol. The van der Waals surface area contributed by atoms with Crippen LogP contribution >= 0.6 is 0 Å². The molecule has 0 bridgehead atoms. The topological polar surface area (TPSA) is 23.5 Å². The van der Waals surface area contributed by atoms with Crippen molar-refractivity contribution in [1.82, 2.24) is 4.90 Å². The summed E-state index contributed by atoms with van der Waals surface area (Å²) in [5.41, 5.74) is 0.270. The van der Waals surface area contributed by atoms with E-state index in [9.17, 15) is 5.11 Å². The summed E-state index contributed by atoms with van der Waals surface area (Å²) in [5.74, 6) is 0. The fourth-order valence-electron chi connectivity index (χ4n) is 1.96. The van der Waals surface area contributed by atoms with Crippen LogP contribution in [0, 0.1) is 5.41 Å². The Bertz CT molecular complexity index is 122. The molecule has 2 nitrogen and oxygen atoms in total. The molecule has 0 radical (unpaired) electrons. The predicted octanol–water partition coefficient (Wildman–Crippen LogP) is 1.49. The van der Waals surface area contributed by atoms with Gasteiger partial charge in [-0.15, -0.1) is 0 Å².